The molecular formula is C20H31NO2Si. The molecule has 2 aliphatic rings. The fourth-order valence-electron chi connectivity index (χ4n) is 4.18. The highest BCUT2D eigenvalue weighted by molar-refractivity contribution is 7.05. The van der Waals surface area contributed by atoms with Gasteiger partial charge in [0.05, 0.1) is 6.07 Å². The Bertz CT molecular complexity index is 567. The largest absolute Gasteiger partial charge is 0.300 e. The summed E-state index contributed by atoms with van der Waals surface area (Å²) < 4.78 is 0. The van der Waals surface area contributed by atoms with Crippen LogP contribution in [-0.2, 0) is 9.59 Å². The van der Waals surface area contributed by atoms with Gasteiger partial charge in [0, 0.05) is 12.0 Å². The SMILES string of the molecule is C[Si](C)(C)C(=O)C1=CC[C@@H]2CCCCCCCCCC(=O)[C@@]12C#N. The Kier molecular flexibility index (Phi) is 6.20. The van der Waals surface area contributed by atoms with Crippen molar-refractivity contribution in [3.63, 3.8) is 0 Å². The molecule has 0 spiro atoms. The third-order valence-corrected chi connectivity index (χ3v) is 7.27. The van der Waals surface area contributed by atoms with E-state index in [1.807, 2.05) is 25.7 Å². The maximum atomic E-state index is 13.1. The first kappa shape index (κ1) is 19.1. The maximum Gasteiger partial charge on any atom is 0.157 e. The van der Waals surface area contributed by atoms with Crippen LogP contribution in [0.2, 0.25) is 19.6 Å². The van der Waals surface area contributed by atoms with Crippen LogP contribution in [0.5, 0.6) is 0 Å². The van der Waals surface area contributed by atoms with Gasteiger partial charge < -0.3 is 4.79 Å². The van der Waals surface area contributed by atoms with Crippen LogP contribution >= 0.6 is 0 Å². The lowest BCUT2D eigenvalue weighted by atomic mass is 9.68. The van der Waals surface area contributed by atoms with Gasteiger partial charge in [0.15, 0.2) is 5.78 Å². The number of hydrogen-bond donors (Lipinski definition) is 0. The number of nitriles is 1. The smallest absolute Gasteiger partial charge is 0.157 e. The zero-order valence-electron chi connectivity index (χ0n) is 15.5. The topological polar surface area (TPSA) is 57.9 Å². The normalized spacial score (nSPS) is 29.7. The van der Waals surface area contributed by atoms with Crippen molar-refractivity contribution in [3.8, 4) is 6.07 Å². The fourth-order valence-corrected chi connectivity index (χ4v) is 5.28. The van der Waals surface area contributed by atoms with Crippen molar-refractivity contribution >= 4 is 19.3 Å². The summed E-state index contributed by atoms with van der Waals surface area (Å²) in [5.41, 5.74) is -0.604. The number of allylic oxidation sites excluding steroid dienone is 2. The number of ketones is 1. The Morgan fingerprint density at radius 2 is 1.71 bits per heavy atom. The zero-order chi connectivity index (χ0) is 17.8. The third-order valence-electron chi connectivity index (χ3n) is 5.64. The van der Waals surface area contributed by atoms with Crippen molar-refractivity contribution < 1.29 is 9.59 Å². The molecule has 2 aliphatic carbocycles. The molecule has 0 radical (unpaired) electrons. The molecule has 0 aromatic carbocycles. The molecule has 2 atom stereocenters. The third kappa shape index (κ3) is 3.72. The van der Waals surface area contributed by atoms with Crippen LogP contribution in [0.25, 0.3) is 0 Å². The Hall–Kier alpha value is -1.21. The Labute approximate surface area is 147 Å². The Balaban J connectivity index is 2.36. The van der Waals surface area contributed by atoms with Crippen molar-refractivity contribution in [1.82, 2.24) is 0 Å². The van der Waals surface area contributed by atoms with Crippen molar-refractivity contribution in [1.29, 1.82) is 5.26 Å². The quantitative estimate of drug-likeness (QED) is 0.663. The average molecular weight is 346 g/mol. The second kappa shape index (κ2) is 7.78. The number of nitrogens with zero attached hydrogens (tertiary/aromatic N) is 1. The summed E-state index contributed by atoms with van der Waals surface area (Å²) in [7, 11) is -2.07. The summed E-state index contributed by atoms with van der Waals surface area (Å²) in [4.78, 5) is 26.1. The molecule has 0 saturated heterocycles. The first-order valence-corrected chi connectivity index (χ1v) is 13.0. The molecule has 1 saturated carbocycles. The minimum atomic E-state index is -2.07. The molecule has 0 aliphatic heterocycles. The van der Waals surface area contributed by atoms with Gasteiger partial charge >= 0.3 is 0 Å². The predicted molar refractivity (Wildman–Crippen MR) is 99.1 cm³/mol. The Morgan fingerprint density at radius 1 is 1.12 bits per heavy atom. The van der Waals surface area contributed by atoms with Crippen LogP contribution < -0.4 is 0 Å². The summed E-state index contributed by atoms with van der Waals surface area (Å²) in [6.45, 7) is 6.03. The van der Waals surface area contributed by atoms with Crippen LogP contribution in [-0.4, -0.2) is 19.3 Å². The molecule has 1 fully saturated rings. The van der Waals surface area contributed by atoms with E-state index in [9.17, 15) is 14.9 Å². The van der Waals surface area contributed by atoms with Crippen LogP contribution in [0.4, 0.5) is 0 Å². The average Bonchev–Trinajstić information content (AvgIpc) is 2.89. The molecular weight excluding hydrogens is 314 g/mol. The molecule has 132 valence electrons. The van der Waals surface area contributed by atoms with Gasteiger partial charge in [-0.05, 0) is 25.2 Å². The minimum absolute atomic E-state index is 0.00438. The number of Topliss-reactive ketones (excluding diaryl/α,β-unsaturated/α-hetero) is 1. The fraction of sp³-hybridized carbons (Fsp3) is 0.750. The molecule has 0 N–H and O–H groups in total. The zero-order valence-corrected chi connectivity index (χ0v) is 16.5. The number of fused-ring (bicyclic) bond motifs is 1. The van der Waals surface area contributed by atoms with Crippen molar-refractivity contribution in [3.05, 3.63) is 11.6 Å². The highest BCUT2D eigenvalue weighted by Gasteiger charge is 2.54. The summed E-state index contributed by atoms with van der Waals surface area (Å²) in [6, 6.07) is 2.37. The van der Waals surface area contributed by atoms with E-state index in [1.54, 1.807) is 0 Å². The molecule has 2 rings (SSSR count). The number of carbonyl (C=O) groups excluding carboxylic acids is 2. The lowest BCUT2D eigenvalue weighted by Gasteiger charge is -2.32. The van der Waals surface area contributed by atoms with Gasteiger partial charge in [-0.15, -0.1) is 0 Å². The highest BCUT2D eigenvalue weighted by Crippen LogP contribution is 2.49. The predicted octanol–water partition coefficient (Wildman–Crippen LogP) is 4.98. The minimum Gasteiger partial charge on any atom is -0.300 e. The van der Waals surface area contributed by atoms with Gasteiger partial charge in [0.25, 0.3) is 0 Å². The van der Waals surface area contributed by atoms with E-state index in [0.717, 1.165) is 25.7 Å². The van der Waals surface area contributed by atoms with E-state index in [2.05, 4.69) is 6.07 Å². The molecule has 24 heavy (non-hydrogen) atoms. The highest BCUT2D eigenvalue weighted by atomic mass is 28.3. The van der Waals surface area contributed by atoms with Crippen LogP contribution in [0.3, 0.4) is 0 Å². The molecule has 0 unspecified atom stereocenters. The summed E-state index contributed by atoms with van der Waals surface area (Å²) in [5.74, 6) is 0.00986. The van der Waals surface area contributed by atoms with Crippen molar-refractivity contribution in [2.24, 2.45) is 11.3 Å². The van der Waals surface area contributed by atoms with E-state index < -0.39 is 13.5 Å². The first-order chi connectivity index (χ1) is 11.3. The van der Waals surface area contributed by atoms with Crippen molar-refractivity contribution in [2.75, 3.05) is 0 Å². The monoisotopic (exact) mass is 345 g/mol. The van der Waals surface area contributed by atoms with Gasteiger partial charge in [-0.3, -0.25) is 4.79 Å². The standard InChI is InChI=1S/C20H31NO2Si/c1-24(2,3)19(23)17-14-13-16-11-9-7-5-4-6-8-10-12-18(22)20(16,17)15-21/h14,16H,4-13H2,1-3H3/t16-,20+/m0/s1. The van der Waals surface area contributed by atoms with Gasteiger partial charge in [-0.25, -0.2) is 0 Å². The van der Waals surface area contributed by atoms with E-state index in [0.29, 0.717) is 18.4 Å². The summed E-state index contributed by atoms with van der Waals surface area (Å²) in [6.07, 6.45) is 11.8. The van der Waals surface area contributed by atoms with Crippen LogP contribution in [0.15, 0.2) is 11.6 Å². The van der Waals surface area contributed by atoms with Gasteiger partial charge in [-0.1, -0.05) is 64.2 Å². The lowest BCUT2D eigenvalue weighted by Crippen LogP contribution is -2.45. The van der Waals surface area contributed by atoms with Crippen molar-refractivity contribution in [2.45, 2.75) is 83.8 Å². The molecule has 0 amide bonds. The Morgan fingerprint density at radius 3 is 2.29 bits per heavy atom. The van der Waals surface area contributed by atoms with E-state index in [-0.39, 0.29) is 17.1 Å². The second-order valence-electron chi connectivity index (χ2n) is 8.49. The molecule has 0 aromatic rings. The molecule has 3 nitrogen and oxygen atoms in total. The van der Waals surface area contributed by atoms with E-state index >= 15 is 0 Å². The molecule has 4 heteroatoms. The summed E-state index contributed by atoms with van der Waals surface area (Å²) in [5, 5.41) is 10.2. The van der Waals surface area contributed by atoms with Gasteiger partial charge in [-0.2, -0.15) is 5.26 Å². The first-order valence-electron chi connectivity index (χ1n) is 9.54. The number of carbonyl (C=O) groups is 2. The second-order valence-corrected chi connectivity index (χ2v) is 13.4. The van der Waals surface area contributed by atoms with Gasteiger partial charge in [0.1, 0.15) is 18.9 Å². The van der Waals surface area contributed by atoms with Crippen LogP contribution in [0.1, 0.15) is 64.2 Å². The maximum absolute atomic E-state index is 13.1. The van der Waals surface area contributed by atoms with E-state index in [4.69, 9.17) is 0 Å². The summed E-state index contributed by atoms with van der Waals surface area (Å²) >= 11 is 0. The lowest BCUT2D eigenvalue weighted by molar-refractivity contribution is -0.128. The van der Waals surface area contributed by atoms with Gasteiger partial charge in [0.2, 0.25) is 0 Å². The van der Waals surface area contributed by atoms with E-state index in [1.165, 1.54) is 25.7 Å². The molecule has 0 aromatic heterocycles. The number of hydrogen-bond acceptors (Lipinski definition) is 3. The van der Waals surface area contributed by atoms with Crippen LogP contribution in [0, 0.1) is 22.7 Å². The number of rotatable bonds is 2. The molecule has 0 bridgehead atoms. The molecule has 0 heterocycles.